The van der Waals surface area contributed by atoms with Crippen molar-refractivity contribution in [3.63, 3.8) is 0 Å². The molecule has 0 aromatic heterocycles. The van der Waals surface area contributed by atoms with E-state index in [9.17, 15) is 8.42 Å². The van der Waals surface area contributed by atoms with Crippen LogP contribution in [0.25, 0.3) is 0 Å². The van der Waals surface area contributed by atoms with Crippen molar-refractivity contribution in [3.8, 4) is 0 Å². The van der Waals surface area contributed by atoms with Gasteiger partial charge in [0.15, 0.2) is 0 Å². The van der Waals surface area contributed by atoms with E-state index >= 15 is 0 Å². The first kappa shape index (κ1) is 11.2. The van der Waals surface area contributed by atoms with Crippen LogP contribution in [0.4, 0.5) is 0 Å². The Morgan fingerprint density at radius 2 is 1.71 bits per heavy atom. The number of hydrogen-bond acceptors (Lipinski definition) is 2. The Labute approximate surface area is 85.2 Å². The lowest BCUT2D eigenvalue weighted by Crippen LogP contribution is -2.22. The Balaban J connectivity index is 2.97. The van der Waals surface area contributed by atoms with Crippen LogP contribution in [0.2, 0.25) is 0 Å². The van der Waals surface area contributed by atoms with E-state index in [2.05, 4.69) is 4.72 Å². The molecule has 0 heterocycles. The van der Waals surface area contributed by atoms with Crippen LogP contribution in [-0.2, 0) is 16.4 Å². The van der Waals surface area contributed by atoms with E-state index in [4.69, 9.17) is 0 Å². The molecule has 0 fully saturated rings. The molecule has 0 saturated heterocycles. The highest BCUT2D eigenvalue weighted by Crippen LogP contribution is 2.10. The van der Waals surface area contributed by atoms with Crippen molar-refractivity contribution in [2.45, 2.75) is 25.2 Å². The molecule has 4 heteroatoms. The van der Waals surface area contributed by atoms with Gasteiger partial charge in [0.25, 0.3) is 0 Å². The van der Waals surface area contributed by atoms with Gasteiger partial charge >= 0.3 is 0 Å². The van der Waals surface area contributed by atoms with Crippen LogP contribution >= 0.6 is 0 Å². The fourth-order valence-electron chi connectivity index (χ4n) is 1.18. The predicted octanol–water partition coefficient (Wildman–Crippen LogP) is 1.55. The molecule has 14 heavy (non-hydrogen) atoms. The fraction of sp³-hybridized carbons (Fsp3) is 0.400. The molecule has 1 aromatic rings. The third-order valence-corrected chi connectivity index (χ3v) is 3.54. The van der Waals surface area contributed by atoms with E-state index < -0.39 is 10.0 Å². The van der Waals surface area contributed by atoms with Gasteiger partial charge in [0.1, 0.15) is 0 Å². The van der Waals surface area contributed by atoms with Crippen LogP contribution in [0, 0.1) is 0 Å². The first-order chi connectivity index (χ1) is 6.60. The van der Waals surface area contributed by atoms with E-state index in [1.54, 1.807) is 19.1 Å². The summed E-state index contributed by atoms with van der Waals surface area (Å²) in [5, 5.41) is 0. The molecule has 0 unspecified atom stereocenters. The van der Waals surface area contributed by atoms with Gasteiger partial charge in [0.2, 0.25) is 10.0 Å². The molecular weight excluding hydrogens is 198 g/mol. The lowest BCUT2D eigenvalue weighted by Gasteiger charge is -2.04. The SMILES string of the molecule is CCNS(=O)(=O)c1ccc(CC)cc1. The van der Waals surface area contributed by atoms with Crippen molar-refractivity contribution in [1.82, 2.24) is 4.72 Å². The number of hydrogen-bond donors (Lipinski definition) is 1. The Bertz CT molecular complexity index is 381. The summed E-state index contributed by atoms with van der Waals surface area (Å²) in [5.74, 6) is 0. The summed E-state index contributed by atoms with van der Waals surface area (Å²) in [6.45, 7) is 4.21. The van der Waals surface area contributed by atoms with Gasteiger partial charge in [-0.05, 0) is 24.1 Å². The maximum absolute atomic E-state index is 11.5. The fourth-order valence-corrected chi connectivity index (χ4v) is 2.22. The highest BCUT2D eigenvalue weighted by atomic mass is 32.2. The van der Waals surface area contributed by atoms with Crippen molar-refractivity contribution in [2.24, 2.45) is 0 Å². The van der Waals surface area contributed by atoms with E-state index in [0.717, 1.165) is 12.0 Å². The highest BCUT2D eigenvalue weighted by Gasteiger charge is 2.11. The minimum Gasteiger partial charge on any atom is -0.211 e. The molecule has 0 bridgehead atoms. The number of sulfonamides is 1. The molecule has 0 saturated carbocycles. The molecule has 1 N–H and O–H groups in total. The van der Waals surface area contributed by atoms with Crippen LogP contribution in [-0.4, -0.2) is 15.0 Å². The molecule has 0 spiro atoms. The van der Waals surface area contributed by atoms with Crippen LogP contribution in [0.1, 0.15) is 19.4 Å². The minimum absolute atomic E-state index is 0.330. The Morgan fingerprint density at radius 1 is 1.14 bits per heavy atom. The molecule has 78 valence electrons. The van der Waals surface area contributed by atoms with Gasteiger partial charge in [0.05, 0.1) is 4.90 Å². The summed E-state index contributed by atoms with van der Waals surface area (Å²) in [4.78, 5) is 0.330. The number of nitrogens with one attached hydrogen (secondary N) is 1. The first-order valence-corrected chi connectivity index (χ1v) is 6.17. The quantitative estimate of drug-likeness (QED) is 0.824. The minimum atomic E-state index is -3.29. The predicted molar refractivity (Wildman–Crippen MR) is 56.7 cm³/mol. The molecule has 1 rings (SSSR count). The van der Waals surface area contributed by atoms with Crippen LogP contribution in [0.3, 0.4) is 0 Å². The third kappa shape index (κ3) is 2.56. The van der Waals surface area contributed by atoms with Gasteiger partial charge < -0.3 is 0 Å². The van der Waals surface area contributed by atoms with Crippen LogP contribution < -0.4 is 4.72 Å². The van der Waals surface area contributed by atoms with Crippen molar-refractivity contribution < 1.29 is 8.42 Å². The Morgan fingerprint density at radius 3 is 2.14 bits per heavy atom. The average molecular weight is 213 g/mol. The van der Waals surface area contributed by atoms with E-state index in [1.807, 2.05) is 19.1 Å². The number of aryl methyl sites for hydroxylation is 1. The van der Waals surface area contributed by atoms with Crippen molar-refractivity contribution in [1.29, 1.82) is 0 Å². The van der Waals surface area contributed by atoms with Gasteiger partial charge in [-0.15, -0.1) is 0 Å². The molecule has 0 radical (unpaired) electrons. The maximum Gasteiger partial charge on any atom is 0.240 e. The average Bonchev–Trinajstić information content (AvgIpc) is 2.18. The summed E-state index contributed by atoms with van der Waals surface area (Å²) in [6, 6.07) is 6.95. The lowest BCUT2D eigenvalue weighted by atomic mass is 10.2. The zero-order valence-electron chi connectivity index (χ0n) is 8.45. The standard InChI is InChI=1S/C10H15NO2S/c1-3-9-5-7-10(8-6-9)14(12,13)11-4-2/h5-8,11H,3-4H2,1-2H3. The van der Waals surface area contributed by atoms with Gasteiger partial charge in [0, 0.05) is 6.54 Å². The number of rotatable bonds is 4. The van der Waals surface area contributed by atoms with Crippen molar-refractivity contribution >= 4 is 10.0 Å². The first-order valence-electron chi connectivity index (χ1n) is 4.68. The second-order valence-electron chi connectivity index (χ2n) is 3.00. The smallest absolute Gasteiger partial charge is 0.211 e. The molecule has 1 aromatic carbocycles. The summed E-state index contributed by atoms with van der Waals surface area (Å²) in [7, 11) is -3.29. The second-order valence-corrected chi connectivity index (χ2v) is 4.77. The van der Waals surface area contributed by atoms with E-state index in [1.165, 1.54) is 0 Å². The monoisotopic (exact) mass is 213 g/mol. The van der Waals surface area contributed by atoms with Crippen molar-refractivity contribution in [3.05, 3.63) is 29.8 Å². The molecule has 3 nitrogen and oxygen atoms in total. The van der Waals surface area contributed by atoms with Crippen molar-refractivity contribution in [2.75, 3.05) is 6.54 Å². The normalized spacial score (nSPS) is 11.6. The highest BCUT2D eigenvalue weighted by molar-refractivity contribution is 7.89. The molecule has 0 amide bonds. The molecular formula is C10H15NO2S. The van der Waals surface area contributed by atoms with E-state index in [-0.39, 0.29) is 0 Å². The molecule has 0 aliphatic carbocycles. The van der Waals surface area contributed by atoms with Gasteiger partial charge in [-0.25, -0.2) is 13.1 Å². The second kappa shape index (κ2) is 4.57. The zero-order chi connectivity index (χ0) is 10.6. The summed E-state index contributed by atoms with van der Waals surface area (Å²) in [5.41, 5.74) is 1.14. The summed E-state index contributed by atoms with van der Waals surface area (Å²) >= 11 is 0. The summed E-state index contributed by atoms with van der Waals surface area (Å²) < 4.78 is 25.5. The van der Waals surface area contributed by atoms with Crippen LogP contribution in [0.15, 0.2) is 29.2 Å². The molecule has 0 aliphatic rings. The number of benzene rings is 1. The topological polar surface area (TPSA) is 46.2 Å². The molecule has 0 aliphatic heterocycles. The Kier molecular flexibility index (Phi) is 3.66. The van der Waals surface area contributed by atoms with Crippen LogP contribution in [0.5, 0.6) is 0 Å². The Hall–Kier alpha value is -0.870. The third-order valence-electron chi connectivity index (χ3n) is 1.98. The zero-order valence-corrected chi connectivity index (χ0v) is 9.26. The maximum atomic E-state index is 11.5. The summed E-state index contributed by atoms with van der Waals surface area (Å²) in [6.07, 6.45) is 0.918. The largest absolute Gasteiger partial charge is 0.240 e. The van der Waals surface area contributed by atoms with E-state index in [0.29, 0.717) is 11.4 Å². The molecule has 0 atom stereocenters. The lowest BCUT2D eigenvalue weighted by molar-refractivity contribution is 0.584. The van der Waals surface area contributed by atoms with Gasteiger partial charge in [-0.1, -0.05) is 26.0 Å². The van der Waals surface area contributed by atoms with Gasteiger partial charge in [-0.3, -0.25) is 0 Å². The van der Waals surface area contributed by atoms with Gasteiger partial charge in [-0.2, -0.15) is 0 Å².